The molecular weight excluding hydrogens is 247 g/mol. The summed E-state index contributed by atoms with van der Waals surface area (Å²) in [6.07, 6.45) is 0.289. The van der Waals surface area contributed by atoms with Crippen molar-refractivity contribution in [3.05, 3.63) is 63.6 Å². The highest BCUT2D eigenvalue weighted by atomic mass is 19.1. The first kappa shape index (κ1) is 13.4. The van der Waals surface area contributed by atoms with E-state index in [-0.39, 0.29) is 17.7 Å². The fourth-order valence-electron chi connectivity index (χ4n) is 1.84. The molecule has 1 heterocycles. The van der Waals surface area contributed by atoms with Crippen LogP contribution in [0.1, 0.15) is 22.9 Å². The van der Waals surface area contributed by atoms with Crippen LogP contribution < -0.4 is 5.56 Å². The van der Waals surface area contributed by atoms with Crippen molar-refractivity contribution in [1.29, 1.82) is 0 Å². The normalized spacial score (nSPS) is 12.4. The van der Waals surface area contributed by atoms with Crippen LogP contribution in [0.4, 0.5) is 4.39 Å². The van der Waals surface area contributed by atoms with Crippen LogP contribution >= 0.6 is 0 Å². The monoisotopic (exact) mass is 262 g/mol. The number of rotatable bonds is 3. The van der Waals surface area contributed by atoms with Gasteiger partial charge in [-0.3, -0.25) is 9.36 Å². The van der Waals surface area contributed by atoms with Gasteiger partial charge in [0.15, 0.2) is 0 Å². The fourth-order valence-corrected chi connectivity index (χ4v) is 1.84. The van der Waals surface area contributed by atoms with Crippen molar-refractivity contribution < 1.29 is 9.50 Å². The van der Waals surface area contributed by atoms with Crippen LogP contribution in [-0.2, 0) is 6.54 Å². The third-order valence-corrected chi connectivity index (χ3v) is 3.15. The molecule has 2 aromatic rings. The van der Waals surface area contributed by atoms with Crippen molar-refractivity contribution in [2.75, 3.05) is 0 Å². The second kappa shape index (κ2) is 5.32. The Balaban J connectivity index is 2.30. The van der Waals surface area contributed by atoms with Crippen LogP contribution in [-0.4, -0.2) is 14.7 Å². The zero-order valence-electron chi connectivity index (χ0n) is 10.8. The first-order chi connectivity index (χ1) is 9.00. The minimum Gasteiger partial charge on any atom is -0.386 e. The highest BCUT2D eigenvalue weighted by Crippen LogP contribution is 2.17. The lowest BCUT2D eigenvalue weighted by atomic mass is 10.1. The number of halogens is 1. The van der Waals surface area contributed by atoms with Crippen LogP contribution in [0.25, 0.3) is 0 Å². The maximum Gasteiger partial charge on any atom is 0.256 e. The van der Waals surface area contributed by atoms with E-state index >= 15 is 0 Å². The summed E-state index contributed by atoms with van der Waals surface area (Å²) >= 11 is 0. The molecular formula is C14H15FN2O2. The van der Waals surface area contributed by atoms with E-state index in [2.05, 4.69) is 4.98 Å². The number of benzene rings is 1. The Kier molecular flexibility index (Phi) is 3.76. The maximum absolute atomic E-state index is 13.5. The van der Waals surface area contributed by atoms with Crippen molar-refractivity contribution in [2.24, 2.45) is 0 Å². The molecule has 0 aliphatic carbocycles. The molecule has 5 heteroatoms. The molecule has 1 unspecified atom stereocenters. The lowest BCUT2D eigenvalue weighted by molar-refractivity contribution is 0.150. The quantitative estimate of drug-likeness (QED) is 0.916. The van der Waals surface area contributed by atoms with Gasteiger partial charge in [0, 0.05) is 16.8 Å². The summed E-state index contributed by atoms with van der Waals surface area (Å²) < 4.78 is 14.8. The van der Waals surface area contributed by atoms with Crippen molar-refractivity contribution in [1.82, 2.24) is 9.55 Å². The average molecular weight is 262 g/mol. The summed E-state index contributed by atoms with van der Waals surface area (Å²) in [5, 5.41) is 10.0. The Morgan fingerprint density at radius 1 is 1.37 bits per heavy atom. The van der Waals surface area contributed by atoms with Gasteiger partial charge in [-0.1, -0.05) is 18.2 Å². The molecule has 4 nitrogen and oxygen atoms in total. The van der Waals surface area contributed by atoms with Gasteiger partial charge in [0.1, 0.15) is 5.82 Å². The smallest absolute Gasteiger partial charge is 0.256 e. The third-order valence-electron chi connectivity index (χ3n) is 3.15. The van der Waals surface area contributed by atoms with Gasteiger partial charge in [-0.25, -0.2) is 9.37 Å². The topological polar surface area (TPSA) is 55.1 Å². The first-order valence-corrected chi connectivity index (χ1v) is 5.96. The molecule has 0 bridgehead atoms. The molecule has 0 aliphatic heterocycles. The van der Waals surface area contributed by atoms with E-state index in [9.17, 15) is 14.3 Å². The number of aliphatic hydroxyl groups is 1. The highest BCUT2D eigenvalue weighted by Gasteiger charge is 2.14. The number of hydrogen-bond acceptors (Lipinski definition) is 3. The minimum atomic E-state index is -1.08. The molecule has 0 saturated heterocycles. The predicted octanol–water partition coefficient (Wildman–Crippen LogP) is 1.73. The molecule has 0 saturated carbocycles. The lowest BCUT2D eigenvalue weighted by Gasteiger charge is -2.14. The summed E-state index contributed by atoms with van der Waals surface area (Å²) in [6, 6.07) is 5.97. The predicted molar refractivity (Wildman–Crippen MR) is 69.3 cm³/mol. The summed E-state index contributed by atoms with van der Waals surface area (Å²) in [5.41, 5.74) is 1.14. The van der Waals surface area contributed by atoms with E-state index in [4.69, 9.17) is 0 Å². The lowest BCUT2D eigenvalue weighted by Crippen LogP contribution is -2.26. The Hall–Kier alpha value is -2.01. The zero-order chi connectivity index (χ0) is 14.0. The minimum absolute atomic E-state index is 0.0200. The molecule has 0 radical (unpaired) electrons. The van der Waals surface area contributed by atoms with Crippen molar-refractivity contribution in [2.45, 2.75) is 26.5 Å². The number of hydrogen-bond donors (Lipinski definition) is 1. The van der Waals surface area contributed by atoms with E-state index < -0.39 is 11.9 Å². The Morgan fingerprint density at radius 3 is 2.74 bits per heavy atom. The molecule has 2 rings (SSSR count). The van der Waals surface area contributed by atoms with Crippen molar-refractivity contribution in [3.63, 3.8) is 0 Å². The molecule has 1 N–H and O–H groups in total. The van der Waals surface area contributed by atoms with Crippen LogP contribution in [0.3, 0.4) is 0 Å². The Labute approximate surface area is 110 Å². The third kappa shape index (κ3) is 2.71. The molecule has 1 atom stereocenters. The van der Waals surface area contributed by atoms with Crippen LogP contribution in [0.15, 0.2) is 35.4 Å². The average Bonchev–Trinajstić information content (AvgIpc) is 2.40. The van der Waals surface area contributed by atoms with E-state index in [0.29, 0.717) is 11.3 Å². The summed E-state index contributed by atoms with van der Waals surface area (Å²) in [4.78, 5) is 16.0. The number of nitrogens with zero attached hydrogens (tertiary/aromatic N) is 2. The maximum atomic E-state index is 13.5. The SMILES string of the molecule is Cc1ncn(CC(O)c2ccccc2F)c(=O)c1C. The van der Waals surface area contributed by atoms with E-state index in [0.717, 1.165) is 0 Å². The highest BCUT2D eigenvalue weighted by molar-refractivity contribution is 5.20. The Morgan fingerprint density at radius 2 is 2.05 bits per heavy atom. The molecule has 100 valence electrons. The largest absolute Gasteiger partial charge is 0.386 e. The number of aryl methyl sites for hydroxylation is 1. The zero-order valence-corrected chi connectivity index (χ0v) is 10.8. The van der Waals surface area contributed by atoms with E-state index in [1.165, 1.54) is 23.0 Å². The molecule has 1 aromatic heterocycles. The van der Waals surface area contributed by atoms with Crippen LogP contribution in [0.2, 0.25) is 0 Å². The standard InChI is InChI=1S/C14H15FN2O2/c1-9-10(2)16-8-17(14(9)19)7-13(18)11-5-3-4-6-12(11)15/h3-6,8,13,18H,7H2,1-2H3. The number of aliphatic hydroxyl groups excluding tert-OH is 1. The van der Waals surface area contributed by atoms with Crippen LogP contribution in [0, 0.1) is 19.7 Å². The van der Waals surface area contributed by atoms with Gasteiger partial charge < -0.3 is 5.11 Å². The van der Waals surface area contributed by atoms with Gasteiger partial charge in [-0.2, -0.15) is 0 Å². The van der Waals surface area contributed by atoms with Crippen LogP contribution in [0.5, 0.6) is 0 Å². The van der Waals surface area contributed by atoms with Crippen molar-refractivity contribution in [3.8, 4) is 0 Å². The molecule has 19 heavy (non-hydrogen) atoms. The first-order valence-electron chi connectivity index (χ1n) is 5.96. The van der Waals surface area contributed by atoms with E-state index in [1.54, 1.807) is 26.0 Å². The van der Waals surface area contributed by atoms with Gasteiger partial charge in [0.25, 0.3) is 5.56 Å². The molecule has 1 aromatic carbocycles. The number of aromatic nitrogens is 2. The van der Waals surface area contributed by atoms with Gasteiger partial charge in [0.2, 0.25) is 0 Å². The second-order valence-corrected chi connectivity index (χ2v) is 4.45. The van der Waals surface area contributed by atoms with Gasteiger partial charge in [0.05, 0.1) is 19.0 Å². The second-order valence-electron chi connectivity index (χ2n) is 4.45. The van der Waals surface area contributed by atoms with Gasteiger partial charge >= 0.3 is 0 Å². The van der Waals surface area contributed by atoms with Gasteiger partial charge in [-0.05, 0) is 19.9 Å². The van der Waals surface area contributed by atoms with Gasteiger partial charge in [-0.15, -0.1) is 0 Å². The molecule has 0 aliphatic rings. The summed E-state index contributed by atoms with van der Waals surface area (Å²) in [5.74, 6) is -0.486. The Bertz CT molecular complexity index is 652. The molecule has 0 spiro atoms. The summed E-state index contributed by atoms with van der Waals surface area (Å²) in [7, 11) is 0. The molecule has 0 amide bonds. The van der Waals surface area contributed by atoms with E-state index in [1.807, 2.05) is 0 Å². The fraction of sp³-hybridized carbons (Fsp3) is 0.286. The molecule has 0 fully saturated rings. The van der Waals surface area contributed by atoms with Crippen molar-refractivity contribution >= 4 is 0 Å². The summed E-state index contributed by atoms with van der Waals surface area (Å²) in [6.45, 7) is 3.40.